The SMILES string of the molecule is CC(C)(C)OC(=O)N1CCC(COc2ccc3c(c2)nnn3-c2cc(-c3ccco3)nc(N)n2)CC1. The molecule has 0 bridgehead atoms. The van der Waals surface area contributed by atoms with Gasteiger partial charge in [-0.3, -0.25) is 0 Å². The zero-order valence-electron chi connectivity index (χ0n) is 20.5. The lowest BCUT2D eigenvalue weighted by molar-refractivity contribution is 0.0165. The zero-order valence-corrected chi connectivity index (χ0v) is 20.5. The average Bonchev–Trinajstić information content (AvgIpc) is 3.52. The fourth-order valence-corrected chi connectivity index (χ4v) is 4.10. The third-order valence-corrected chi connectivity index (χ3v) is 5.89. The number of carbonyl (C=O) groups is 1. The number of benzene rings is 1. The first-order valence-corrected chi connectivity index (χ1v) is 11.9. The minimum absolute atomic E-state index is 0.111. The Hall–Kier alpha value is -4.15. The fourth-order valence-electron chi connectivity index (χ4n) is 4.10. The standard InChI is InChI=1S/C25H29N7O4/c1-25(2,3)36-24(33)31-10-8-16(9-11-31)15-35-17-6-7-20-18(13-17)29-30-32(20)22-14-19(27-23(26)28-22)21-5-4-12-34-21/h4-7,12-14,16H,8-11,15H2,1-3H3,(H2,26,27,28). The number of piperidine rings is 1. The molecule has 0 spiro atoms. The normalized spacial score (nSPS) is 14.8. The number of ether oxygens (including phenoxy) is 2. The molecule has 0 aliphatic carbocycles. The third kappa shape index (κ3) is 5.24. The Bertz CT molecular complexity index is 1350. The van der Waals surface area contributed by atoms with Gasteiger partial charge in [-0.1, -0.05) is 5.21 Å². The molecule has 1 aromatic carbocycles. The molecule has 1 aliphatic rings. The fraction of sp³-hybridized carbons (Fsp3) is 0.400. The molecule has 5 rings (SSSR count). The van der Waals surface area contributed by atoms with Crippen LogP contribution in [0.4, 0.5) is 10.7 Å². The molecular formula is C25H29N7O4. The molecule has 1 saturated heterocycles. The molecule has 36 heavy (non-hydrogen) atoms. The Kier molecular flexibility index (Phi) is 6.21. The van der Waals surface area contributed by atoms with E-state index < -0.39 is 5.60 Å². The van der Waals surface area contributed by atoms with Crippen LogP contribution >= 0.6 is 0 Å². The maximum Gasteiger partial charge on any atom is 0.410 e. The van der Waals surface area contributed by atoms with Crippen molar-refractivity contribution >= 4 is 23.1 Å². The zero-order chi connectivity index (χ0) is 25.3. The number of hydrogen-bond acceptors (Lipinski definition) is 9. The second kappa shape index (κ2) is 9.48. The van der Waals surface area contributed by atoms with Crippen molar-refractivity contribution in [2.45, 2.75) is 39.2 Å². The Labute approximate surface area is 208 Å². The first-order chi connectivity index (χ1) is 17.2. The van der Waals surface area contributed by atoms with Crippen molar-refractivity contribution in [1.82, 2.24) is 29.9 Å². The summed E-state index contributed by atoms with van der Waals surface area (Å²) in [5, 5.41) is 8.54. The van der Waals surface area contributed by atoms with Crippen LogP contribution in [0.3, 0.4) is 0 Å². The van der Waals surface area contributed by atoms with Gasteiger partial charge in [-0.25, -0.2) is 9.78 Å². The number of aromatic nitrogens is 5. The van der Waals surface area contributed by atoms with Crippen LogP contribution in [-0.4, -0.2) is 61.3 Å². The summed E-state index contributed by atoms with van der Waals surface area (Å²) in [6.07, 6.45) is 3.05. The van der Waals surface area contributed by atoms with E-state index in [4.69, 9.17) is 19.6 Å². The van der Waals surface area contributed by atoms with Crippen molar-refractivity contribution in [3.05, 3.63) is 42.7 Å². The van der Waals surface area contributed by atoms with E-state index in [1.54, 1.807) is 34.0 Å². The first kappa shape index (κ1) is 23.6. The molecule has 1 aliphatic heterocycles. The van der Waals surface area contributed by atoms with Gasteiger partial charge in [-0.2, -0.15) is 9.67 Å². The monoisotopic (exact) mass is 491 g/mol. The number of anilines is 1. The van der Waals surface area contributed by atoms with E-state index in [0.717, 1.165) is 18.4 Å². The molecule has 11 nitrogen and oxygen atoms in total. The molecule has 0 unspecified atom stereocenters. The second-order valence-electron chi connectivity index (χ2n) is 9.82. The van der Waals surface area contributed by atoms with Gasteiger partial charge in [0.1, 0.15) is 22.6 Å². The van der Waals surface area contributed by atoms with Gasteiger partial charge in [-0.15, -0.1) is 5.10 Å². The van der Waals surface area contributed by atoms with Gasteiger partial charge in [0.2, 0.25) is 5.95 Å². The molecule has 1 fully saturated rings. The summed E-state index contributed by atoms with van der Waals surface area (Å²) in [5.74, 6) is 2.26. The van der Waals surface area contributed by atoms with Gasteiger partial charge in [0.05, 0.1) is 18.4 Å². The number of likely N-dealkylation sites (tertiary alicyclic amines) is 1. The molecule has 11 heteroatoms. The van der Waals surface area contributed by atoms with Crippen LogP contribution in [0.25, 0.3) is 28.3 Å². The van der Waals surface area contributed by atoms with Gasteiger partial charge < -0.3 is 24.5 Å². The highest BCUT2D eigenvalue weighted by Crippen LogP contribution is 2.26. The quantitative estimate of drug-likeness (QED) is 0.438. The summed E-state index contributed by atoms with van der Waals surface area (Å²) in [6, 6.07) is 11.0. The van der Waals surface area contributed by atoms with Crippen LogP contribution in [0, 0.1) is 5.92 Å². The van der Waals surface area contributed by atoms with Crippen molar-refractivity contribution in [3.63, 3.8) is 0 Å². The highest BCUT2D eigenvalue weighted by Gasteiger charge is 2.27. The topological polar surface area (TPSA) is 134 Å². The number of nitrogen functional groups attached to an aromatic ring is 1. The van der Waals surface area contributed by atoms with Crippen molar-refractivity contribution in [2.24, 2.45) is 5.92 Å². The van der Waals surface area contributed by atoms with E-state index >= 15 is 0 Å². The number of rotatable bonds is 5. The predicted octanol–water partition coefficient (Wildman–Crippen LogP) is 4.08. The number of hydrogen-bond donors (Lipinski definition) is 1. The van der Waals surface area contributed by atoms with E-state index in [1.165, 1.54) is 0 Å². The molecule has 3 aromatic heterocycles. The molecule has 0 atom stereocenters. The maximum atomic E-state index is 12.3. The molecule has 0 radical (unpaired) electrons. The second-order valence-corrected chi connectivity index (χ2v) is 9.82. The minimum atomic E-state index is -0.487. The summed E-state index contributed by atoms with van der Waals surface area (Å²) in [6.45, 7) is 7.53. The molecule has 1 amide bonds. The van der Waals surface area contributed by atoms with Crippen molar-refractivity contribution < 1.29 is 18.7 Å². The predicted molar refractivity (Wildman–Crippen MR) is 133 cm³/mol. The van der Waals surface area contributed by atoms with E-state index in [2.05, 4.69) is 20.3 Å². The van der Waals surface area contributed by atoms with Crippen LogP contribution in [0.2, 0.25) is 0 Å². The Morgan fingerprint density at radius 2 is 1.97 bits per heavy atom. The lowest BCUT2D eigenvalue weighted by atomic mass is 9.98. The van der Waals surface area contributed by atoms with Crippen LogP contribution in [0.5, 0.6) is 5.75 Å². The summed E-state index contributed by atoms with van der Waals surface area (Å²) in [5.41, 5.74) is 7.43. The number of amides is 1. The Morgan fingerprint density at radius 1 is 1.17 bits per heavy atom. The minimum Gasteiger partial charge on any atom is -0.493 e. The maximum absolute atomic E-state index is 12.3. The van der Waals surface area contributed by atoms with Crippen molar-refractivity contribution in [1.29, 1.82) is 0 Å². The molecular weight excluding hydrogens is 462 g/mol. The van der Waals surface area contributed by atoms with E-state index in [9.17, 15) is 4.79 Å². The van der Waals surface area contributed by atoms with E-state index in [1.807, 2.05) is 39.0 Å². The first-order valence-electron chi connectivity index (χ1n) is 11.9. The Morgan fingerprint density at radius 3 is 2.69 bits per heavy atom. The smallest absolute Gasteiger partial charge is 0.410 e. The highest BCUT2D eigenvalue weighted by molar-refractivity contribution is 5.77. The molecule has 0 saturated carbocycles. The number of nitrogens with zero attached hydrogens (tertiary/aromatic N) is 6. The molecule has 188 valence electrons. The summed E-state index contributed by atoms with van der Waals surface area (Å²) < 4.78 is 18.6. The number of carbonyl (C=O) groups excluding carboxylic acids is 1. The van der Waals surface area contributed by atoms with Gasteiger partial charge in [0.25, 0.3) is 0 Å². The number of furan rings is 1. The number of fused-ring (bicyclic) bond motifs is 1. The lowest BCUT2D eigenvalue weighted by Crippen LogP contribution is -2.42. The van der Waals surface area contributed by atoms with Gasteiger partial charge in [0.15, 0.2) is 11.6 Å². The van der Waals surface area contributed by atoms with Crippen molar-refractivity contribution in [2.75, 3.05) is 25.4 Å². The summed E-state index contributed by atoms with van der Waals surface area (Å²) >= 11 is 0. The van der Waals surface area contributed by atoms with Gasteiger partial charge in [0, 0.05) is 25.2 Å². The molecule has 4 heterocycles. The average molecular weight is 492 g/mol. The van der Waals surface area contributed by atoms with E-state index in [0.29, 0.717) is 54.2 Å². The van der Waals surface area contributed by atoms with Crippen LogP contribution in [0.15, 0.2) is 47.1 Å². The van der Waals surface area contributed by atoms with Gasteiger partial charge in [-0.05, 0) is 63.8 Å². The summed E-state index contributed by atoms with van der Waals surface area (Å²) in [7, 11) is 0. The summed E-state index contributed by atoms with van der Waals surface area (Å²) in [4.78, 5) is 22.6. The van der Waals surface area contributed by atoms with E-state index in [-0.39, 0.29) is 12.0 Å². The highest BCUT2D eigenvalue weighted by atomic mass is 16.6. The van der Waals surface area contributed by atoms with Gasteiger partial charge >= 0.3 is 6.09 Å². The van der Waals surface area contributed by atoms with Crippen LogP contribution < -0.4 is 10.5 Å². The molecule has 4 aromatic rings. The molecule has 2 N–H and O–H groups in total. The van der Waals surface area contributed by atoms with Crippen LogP contribution in [-0.2, 0) is 4.74 Å². The number of nitrogens with two attached hydrogens (primary N) is 1. The largest absolute Gasteiger partial charge is 0.493 e. The van der Waals surface area contributed by atoms with Crippen molar-refractivity contribution in [3.8, 4) is 23.0 Å². The Balaban J connectivity index is 1.23. The third-order valence-electron chi connectivity index (χ3n) is 5.89. The van der Waals surface area contributed by atoms with Crippen LogP contribution in [0.1, 0.15) is 33.6 Å². The lowest BCUT2D eigenvalue weighted by Gasteiger charge is -2.33.